The summed E-state index contributed by atoms with van der Waals surface area (Å²) in [5.74, 6) is -0.396. The topological polar surface area (TPSA) is 81.8 Å². The predicted octanol–water partition coefficient (Wildman–Crippen LogP) is 3.68. The summed E-state index contributed by atoms with van der Waals surface area (Å²) < 4.78 is 37.4. The molecule has 0 amide bonds. The maximum absolute atomic E-state index is 12.6. The molecule has 0 bridgehead atoms. The molecule has 7 nitrogen and oxygen atoms in total. The minimum Gasteiger partial charge on any atom is -0.408 e. The number of fused-ring (bicyclic) bond motifs is 1. The van der Waals surface area contributed by atoms with Crippen LogP contribution in [-0.4, -0.2) is 56.0 Å². The largest absolute Gasteiger partial charge is 0.420 e. The summed E-state index contributed by atoms with van der Waals surface area (Å²) in [4.78, 5) is 15.5. The molecule has 0 atom stereocenters. The van der Waals surface area contributed by atoms with E-state index in [-0.39, 0.29) is 10.9 Å². The number of ether oxygens (including phenoxy) is 1. The fourth-order valence-electron chi connectivity index (χ4n) is 5.28. The van der Waals surface area contributed by atoms with E-state index >= 15 is 0 Å². The van der Waals surface area contributed by atoms with Gasteiger partial charge in [-0.3, -0.25) is 4.57 Å². The monoisotopic (exact) mass is 450 g/mol. The van der Waals surface area contributed by atoms with E-state index in [4.69, 9.17) is 9.15 Å². The average molecular weight is 451 g/mol. The second-order valence-corrected chi connectivity index (χ2v) is 11.1. The van der Waals surface area contributed by atoms with Crippen LogP contribution in [-0.2, 0) is 14.6 Å². The maximum Gasteiger partial charge on any atom is 0.420 e. The number of benzene rings is 1. The van der Waals surface area contributed by atoms with Gasteiger partial charge in [-0.15, -0.1) is 0 Å². The second kappa shape index (κ2) is 9.08. The zero-order valence-corrected chi connectivity index (χ0v) is 19.6. The van der Waals surface area contributed by atoms with Gasteiger partial charge in [0.15, 0.2) is 15.4 Å². The lowest BCUT2D eigenvalue weighted by molar-refractivity contribution is 0.00246. The first kappa shape index (κ1) is 22.6. The van der Waals surface area contributed by atoms with Crippen LogP contribution in [0.4, 0.5) is 0 Å². The number of hydrogen-bond donors (Lipinski definition) is 0. The van der Waals surface area contributed by atoms with Crippen LogP contribution in [0.5, 0.6) is 0 Å². The van der Waals surface area contributed by atoms with Crippen molar-refractivity contribution in [2.24, 2.45) is 0 Å². The Kier molecular flexibility index (Phi) is 6.60. The molecule has 2 aromatic rings. The van der Waals surface area contributed by atoms with Gasteiger partial charge in [0.1, 0.15) is 0 Å². The minimum atomic E-state index is -3.37. The Hall–Kier alpha value is -1.64. The van der Waals surface area contributed by atoms with Crippen molar-refractivity contribution in [3.8, 4) is 0 Å². The van der Waals surface area contributed by atoms with Gasteiger partial charge >= 0.3 is 5.76 Å². The van der Waals surface area contributed by atoms with Crippen LogP contribution in [0.3, 0.4) is 0 Å². The number of rotatable bonds is 6. The van der Waals surface area contributed by atoms with E-state index in [0.29, 0.717) is 28.8 Å². The van der Waals surface area contributed by atoms with Gasteiger partial charge in [-0.25, -0.2) is 13.2 Å². The molecule has 1 saturated carbocycles. The molecule has 1 aliphatic carbocycles. The Bertz CT molecular complexity index is 1070. The summed E-state index contributed by atoms with van der Waals surface area (Å²) >= 11 is 0. The van der Waals surface area contributed by atoms with E-state index < -0.39 is 15.6 Å². The van der Waals surface area contributed by atoms with Gasteiger partial charge < -0.3 is 14.1 Å². The number of piperidine rings is 1. The van der Waals surface area contributed by atoms with Crippen molar-refractivity contribution >= 4 is 20.9 Å². The molecule has 4 rings (SSSR count). The fourth-order valence-corrected chi connectivity index (χ4v) is 6.25. The molecule has 172 valence electrons. The molecule has 1 saturated heterocycles. The van der Waals surface area contributed by atoms with Crippen molar-refractivity contribution in [1.29, 1.82) is 0 Å². The summed E-state index contributed by atoms with van der Waals surface area (Å²) in [5.41, 5.74) is 1.65. The lowest BCUT2D eigenvalue weighted by Crippen LogP contribution is -2.45. The number of aryl methyl sites for hydroxylation is 1. The maximum atomic E-state index is 12.6. The van der Waals surface area contributed by atoms with E-state index in [9.17, 15) is 13.2 Å². The Morgan fingerprint density at radius 3 is 2.35 bits per heavy atom. The molecule has 31 heavy (non-hydrogen) atoms. The molecular formula is C23H34N2O5S. The molecule has 2 fully saturated rings. The summed E-state index contributed by atoms with van der Waals surface area (Å²) in [6, 6.07) is 3.90. The van der Waals surface area contributed by atoms with E-state index in [1.807, 2.05) is 0 Å². The van der Waals surface area contributed by atoms with Gasteiger partial charge in [-0.1, -0.05) is 6.92 Å². The summed E-state index contributed by atoms with van der Waals surface area (Å²) in [7, 11) is -3.37. The molecule has 0 radical (unpaired) electrons. The minimum absolute atomic E-state index is 0.0318. The average Bonchev–Trinajstić information content (AvgIpc) is 3.06. The number of oxazole rings is 1. The zero-order valence-electron chi connectivity index (χ0n) is 18.8. The summed E-state index contributed by atoms with van der Waals surface area (Å²) in [6.45, 7) is 6.62. The van der Waals surface area contributed by atoms with Crippen LogP contribution in [0, 0.1) is 6.92 Å². The first-order valence-electron chi connectivity index (χ1n) is 11.5. The lowest BCUT2D eigenvalue weighted by atomic mass is 9.90. The third-order valence-electron chi connectivity index (χ3n) is 6.89. The van der Waals surface area contributed by atoms with Crippen LogP contribution in [0.1, 0.15) is 63.5 Å². The molecule has 2 heterocycles. The molecule has 8 heteroatoms. The Morgan fingerprint density at radius 2 is 1.74 bits per heavy atom. The zero-order chi connectivity index (χ0) is 22.2. The fraction of sp³-hybridized carbons (Fsp3) is 0.696. The molecule has 1 aromatic carbocycles. The van der Waals surface area contributed by atoms with E-state index in [1.165, 1.54) is 19.1 Å². The van der Waals surface area contributed by atoms with Crippen molar-refractivity contribution in [1.82, 2.24) is 9.47 Å². The van der Waals surface area contributed by atoms with Crippen LogP contribution in [0.25, 0.3) is 11.1 Å². The highest BCUT2D eigenvalue weighted by atomic mass is 32.2. The number of aromatic nitrogens is 1. The van der Waals surface area contributed by atoms with Crippen LogP contribution in [0.2, 0.25) is 0 Å². The van der Waals surface area contributed by atoms with Crippen LogP contribution in [0.15, 0.2) is 26.2 Å². The molecule has 1 aromatic heterocycles. The van der Waals surface area contributed by atoms with E-state index in [2.05, 4.69) is 11.8 Å². The lowest BCUT2D eigenvalue weighted by Gasteiger charge is -2.40. The highest BCUT2D eigenvalue weighted by Gasteiger charge is 2.31. The summed E-state index contributed by atoms with van der Waals surface area (Å²) in [5, 5.41) is 0. The Labute approximate surface area is 184 Å². The third-order valence-corrected chi connectivity index (χ3v) is 8.13. The number of likely N-dealkylation sites (tertiary alicyclic amines) is 1. The van der Waals surface area contributed by atoms with Crippen molar-refractivity contribution in [3.63, 3.8) is 0 Å². The quantitative estimate of drug-likeness (QED) is 0.668. The molecule has 0 N–H and O–H groups in total. The molecule has 2 aliphatic rings. The molecule has 0 unspecified atom stereocenters. The molecule has 1 aliphatic heterocycles. The van der Waals surface area contributed by atoms with Gasteiger partial charge in [0.05, 0.1) is 16.5 Å². The summed E-state index contributed by atoms with van der Waals surface area (Å²) in [6.07, 6.45) is 9.01. The normalized spacial score (nSPS) is 24.1. The van der Waals surface area contributed by atoms with Crippen LogP contribution < -0.4 is 5.76 Å². The first-order chi connectivity index (χ1) is 14.8. The van der Waals surface area contributed by atoms with Crippen molar-refractivity contribution in [3.05, 3.63) is 28.2 Å². The predicted molar refractivity (Wildman–Crippen MR) is 120 cm³/mol. The van der Waals surface area contributed by atoms with Crippen molar-refractivity contribution in [2.45, 2.75) is 81.9 Å². The Morgan fingerprint density at radius 1 is 1.06 bits per heavy atom. The number of sulfone groups is 1. The van der Waals surface area contributed by atoms with Crippen LogP contribution >= 0.6 is 0 Å². The van der Waals surface area contributed by atoms with Gasteiger partial charge in [0.2, 0.25) is 0 Å². The molecular weight excluding hydrogens is 416 g/mol. The van der Waals surface area contributed by atoms with Gasteiger partial charge in [0, 0.05) is 38.0 Å². The van der Waals surface area contributed by atoms with Gasteiger partial charge in [0.25, 0.3) is 0 Å². The van der Waals surface area contributed by atoms with Gasteiger partial charge in [-0.05, 0) is 69.6 Å². The Balaban J connectivity index is 1.46. The standard InChI is InChI=1S/C23H34N2O5S/c1-4-13-29-19-7-5-17(6-8-19)24-11-9-18(10-12-24)25-20-15-22(31(3,27)28)16(2)14-21(20)30-23(25)26/h14-15,17-19H,4-13H2,1-3H3/t17-,19-. The van der Waals surface area contributed by atoms with Crippen molar-refractivity contribution < 1.29 is 17.6 Å². The number of hydrogen-bond acceptors (Lipinski definition) is 6. The molecule has 0 spiro atoms. The highest BCUT2D eigenvalue weighted by Crippen LogP contribution is 2.32. The highest BCUT2D eigenvalue weighted by molar-refractivity contribution is 7.90. The smallest absolute Gasteiger partial charge is 0.408 e. The third kappa shape index (κ3) is 4.76. The van der Waals surface area contributed by atoms with E-state index in [1.54, 1.807) is 23.6 Å². The number of nitrogens with zero attached hydrogens (tertiary/aromatic N) is 2. The van der Waals surface area contributed by atoms with E-state index in [0.717, 1.165) is 51.8 Å². The second-order valence-electron chi connectivity index (χ2n) is 9.16. The SMILES string of the molecule is CCCO[C@H]1CC[C@H](N2CCC(n3c(=O)oc4cc(C)c(S(C)(=O)=O)cc43)CC2)CC1. The van der Waals surface area contributed by atoms with Gasteiger partial charge in [-0.2, -0.15) is 0 Å². The van der Waals surface area contributed by atoms with Crippen molar-refractivity contribution in [2.75, 3.05) is 26.0 Å². The first-order valence-corrected chi connectivity index (χ1v) is 13.4.